The van der Waals surface area contributed by atoms with Gasteiger partial charge in [-0.05, 0) is 24.9 Å². The summed E-state index contributed by atoms with van der Waals surface area (Å²) in [6.45, 7) is 1.93. The lowest BCUT2D eigenvalue weighted by molar-refractivity contribution is -0.384. The maximum atomic E-state index is 10.5. The molecule has 0 spiro atoms. The van der Waals surface area contributed by atoms with Crippen LogP contribution in [-0.4, -0.2) is 34.1 Å². The number of aliphatic hydroxyl groups is 1. The fraction of sp³-hybridized carbons (Fsp3) is 0.500. The number of nitrogens with zero attached hydrogens (tertiary/aromatic N) is 2. The van der Waals surface area contributed by atoms with E-state index in [1.807, 2.05) is 0 Å². The van der Waals surface area contributed by atoms with Crippen molar-refractivity contribution in [3.8, 4) is 0 Å². The first-order valence-electron chi connectivity index (χ1n) is 5.79. The Bertz CT molecular complexity index is 391. The predicted molar refractivity (Wildman–Crippen MR) is 63.6 cm³/mol. The molecule has 1 aromatic rings. The van der Waals surface area contributed by atoms with E-state index in [-0.39, 0.29) is 18.3 Å². The van der Waals surface area contributed by atoms with Gasteiger partial charge in [0.15, 0.2) is 0 Å². The van der Waals surface area contributed by atoms with Crippen molar-refractivity contribution in [1.29, 1.82) is 0 Å². The molecule has 1 aromatic carbocycles. The van der Waals surface area contributed by atoms with Gasteiger partial charge >= 0.3 is 0 Å². The van der Waals surface area contributed by atoms with Gasteiger partial charge < -0.3 is 5.11 Å². The zero-order valence-corrected chi connectivity index (χ0v) is 9.58. The van der Waals surface area contributed by atoms with E-state index in [1.54, 1.807) is 12.1 Å². The minimum Gasteiger partial charge on any atom is -0.395 e. The molecule has 1 N–H and O–H groups in total. The van der Waals surface area contributed by atoms with E-state index in [9.17, 15) is 15.2 Å². The first-order valence-corrected chi connectivity index (χ1v) is 5.79. The molecule has 1 aliphatic rings. The number of non-ortho nitro benzene ring substituents is 1. The highest BCUT2D eigenvalue weighted by molar-refractivity contribution is 5.32. The first kappa shape index (κ1) is 12.0. The largest absolute Gasteiger partial charge is 0.395 e. The number of nitro groups is 1. The van der Waals surface area contributed by atoms with Crippen molar-refractivity contribution in [2.45, 2.75) is 25.4 Å². The van der Waals surface area contributed by atoms with E-state index in [4.69, 9.17) is 0 Å². The van der Waals surface area contributed by atoms with Crippen LogP contribution in [0.4, 0.5) is 5.69 Å². The van der Waals surface area contributed by atoms with Crippen LogP contribution in [0.3, 0.4) is 0 Å². The van der Waals surface area contributed by atoms with Crippen molar-refractivity contribution in [3.63, 3.8) is 0 Å². The van der Waals surface area contributed by atoms with Gasteiger partial charge in [0.05, 0.1) is 11.5 Å². The second-order valence-corrected chi connectivity index (χ2v) is 4.37. The smallest absolute Gasteiger partial charge is 0.269 e. The van der Waals surface area contributed by atoms with Crippen molar-refractivity contribution >= 4 is 5.69 Å². The zero-order valence-electron chi connectivity index (χ0n) is 9.58. The molecule has 1 fully saturated rings. The van der Waals surface area contributed by atoms with Gasteiger partial charge in [-0.3, -0.25) is 15.0 Å². The summed E-state index contributed by atoms with van der Waals surface area (Å²) in [6, 6.07) is 6.86. The van der Waals surface area contributed by atoms with Gasteiger partial charge in [-0.15, -0.1) is 0 Å². The fourth-order valence-corrected chi connectivity index (χ4v) is 2.27. The summed E-state index contributed by atoms with van der Waals surface area (Å²) in [7, 11) is 0. The maximum absolute atomic E-state index is 10.5. The van der Waals surface area contributed by atoms with Gasteiger partial charge in [0, 0.05) is 24.7 Å². The molecular weight excluding hydrogens is 220 g/mol. The van der Waals surface area contributed by atoms with Crippen LogP contribution in [0.15, 0.2) is 24.3 Å². The Morgan fingerprint density at radius 3 is 2.71 bits per heavy atom. The molecule has 17 heavy (non-hydrogen) atoms. The second kappa shape index (κ2) is 5.25. The van der Waals surface area contributed by atoms with Crippen molar-refractivity contribution in [1.82, 2.24) is 4.90 Å². The van der Waals surface area contributed by atoms with E-state index in [0.29, 0.717) is 0 Å². The summed E-state index contributed by atoms with van der Waals surface area (Å²) in [5, 5.41) is 19.7. The van der Waals surface area contributed by atoms with E-state index < -0.39 is 4.92 Å². The molecule has 0 aromatic heterocycles. The van der Waals surface area contributed by atoms with Crippen LogP contribution in [0, 0.1) is 10.1 Å². The highest BCUT2D eigenvalue weighted by Gasteiger charge is 2.23. The number of hydrogen-bond donors (Lipinski definition) is 1. The molecule has 1 heterocycles. The lowest BCUT2D eigenvalue weighted by Gasteiger charge is -2.22. The average molecular weight is 236 g/mol. The molecule has 0 aliphatic carbocycles. The molecule has 1 atom stereocenters. The second-order valence-electron chi connectivity index (χ2n) is 4.37. The Balaban J connectivity index is 2.01. The van der Waals surface area contributed by atoms with Crippen LogP contribution in [-0.2, 0) is 6.54 Å². The third-order valence-corrected chi connectivity index (χ3v) is 3.24. The van der Waals surface area contributed by atoms with E-state index in [0.717, 1.165) is 31.5 Å². The standard InChI is InChI=1S/C12H16N2O3/c15-9-12-2-1-7-13(12)8-10-3-5-11(6-4-10)14(16)17/h3-6,12,15H,1-2,7-9H2/t12-/m1/s1. The van der Waals surface area contributed by atoms with Gasteiger partial charge in [-0.2, -0.15) is 0 Å². The van der Waals surface area contributed by atoms with E-state index in [1.165, 1.54) is 12.1 Å². The minimum absolute atomic E-state index is 0.119. The molecule has 5 nitrogen and oxygen atoms in total. The summed E-state index contributed by atoms with van der Waals surface area (Å²) in [5.41, 5.74) is 1.17. The van der Waals surface area contributed by atoms with Crippen molar-refractivity contribution in [2.24, 2.45) is 0 Å². The number of nitro benzene ring substituents is 1. The molecule has 2 rings (SSSR count). The summed E-state index contributed by atoms with van der Waals surface area (Å²) >= 11 is 0. The summed E-state index contributed by atoms with van der Waals surface area (Å²) in [4.78, 5) is 12.3. The number of rotatable bonds is 4. The van der Waals surface area contributed by atoms with Gasteiger partial charge in [0.1, 0.15) is 0 Å². The Morgan fingerprint density at radius 1 is 1.41 bits per heavy atom. The fourth-order valence-electron chi connectivity index (χ4n) is 2.27. The van der Waals surface area contributed by atoms with E-state index >= 15 is 0 Å². The molecule has 1 saturated heterocycles. The van der Waals surface area contributed by atoms with Gasteiger partial charge in [-0.25, -0.2) is 0 Å². The lowest BCUT2D eigenvalue weighted by atomic mass is 10.2. The van der Waals surface area contributed by atoms with Crippen LogP contribution >= 0.6 is 0 Å². The molecular formula is C12H16N2O3. The number of benzene rings is 1. The van der Waals surface area contributed by atoms with Crippen molar-refractivity contribution in [3.05, 3.63) is 39.9 Å². The SMILES string of the molecule is O=[N+]([O-])c1ccc(CN2CCC[C@@H]2CO)cc1. The lowest BCUT2D eigenvalue weighted by Crippen LogP contribution is -2.31. The van der Waals surface area contributed by atoms with Crippen LogP contribution in [0.2, 0.25) is 0 Å². The number of likely N-dealkylation sites (tertiary alicyclic amines) is 1. The predicted octanol–water partition coefficient (Wildman–Crippen LogP) is 1.55. The average Bonchev–Trinajstić information content (AvgIpc) is 2.77. The van der Waals surface area contributed by atoms with Crippen LogP contribution in [0.25, 0.3) is 0 Å². The van der Waals surface area contributed by atoms with Gasteiger partial charge in [0.25, 0.3) is 5.69 Å². The van der Waals surface area contributed by atoms with Crippen molar-refractivity contribution in [2.75, 3.05) is 13.2 Å². The normalized spacial score (nSPS) is 20.6. The van der Waals surface area contributed by atoms with Crippen LogP contribution in [0.1, 0.15) is 18.4 Å². The summed E-state index contributed by atoms with van der Waals surface area (Å²) in [5.74, 6) is 0. The highest BCUT2D eigenvalue weighted by Crippen LogP contribution is 2.20. The molecule has 0 saturated carbocycles. The molecule has 5 heteroatoms. The maximum Gasteiger partial charge on any atom is 0.269 e. The number of hydrogen-bond acceptors (Lipinski definition) is 4. The summed E-state index contributed by atoms with van der Waals surface area (Å²) in [6.07, 6.45) is 2.14. The number of aliphatic hydroxyl groups excluding tert-OH is 1. The van der Waals surface area contributed by atoms with E-state index in [2.05, 4.69) is 4.90 Å². The Labute approximate surface area is 99.8 Å². The Kier molecular flexibility index (Phi) is 3.71. The third-order valence-electron chi connectivity index (χ3n) is 3.24. The Hall–Kier alpha value is -1.46. The zero-order chi connectivity index (χ0) is 12.3. The molecule has 0 bridgehead atoms. The molecule has 0 amide bonds. The Morgan fingerprint density at radius 2 is 2.12 bits per heavy atom. The highest BCUT2D eigenvalue weighted by atomic mass is 16.6. The monoisotopic (exact) mass is 236 g/mol. The molecule has 92 valence electrons. The molecule has 0 unspecified atom stereocenters. The quantitative estimate of drug-likeness (QED) is 0.636. The molecule has 1 aliphatic heterocycles. The van der Waals surface area contributed by atoms with Crippen LogP contribution in [0.5, 0.6) is 0 Å². The first-order chi connectivity index (χ1) is 8.20. The third kappa shape index (κ3) is 2.81. The topological polar surface area (TPSA) is 66.6 Å². The van der Waals surface area contributed by atoms with Crippen molar-refractivity contribution < 1.29 is 10.0 Å². The molecule has 0 radical (unpaired) electrons. The van der Waals surface area contributed by atoms with Gasteiger partial charge in [-0.1, -0.05) is 12.1 Å². The minimum atomic E-state index is -0.393. The van der Waals surface area contributed by atoms with Crippen LogP contribution < -0.4 is 0 Å². The summed E-state index contributed by atoms with van der Waals surface area (Å²) < 4.78 is 0. The van der Waals surface area contributed by atoms with Gasteiger partial charge in [0.2, 0.25) is 0 Å².